The van der Waals surface area contributed by atoms with Gasteiger partial charge in [-0.1, -0.05) is 19.8 Å². The molecule has 21 heavy (non-hydrogen) atoms. The first-order chi connectivity index (χ1) is 10.4. The van der Waals surface area contributed by atoms with Crippen molar-refractivity contribution in [3.05, 3.63) is 24.0 Å². The Morgan fingerprint density at radius 3 is 2.90 bits per heavy atom. The van der Waals surface area contributed by atoms with Crippen LogP contribution in [0.5, 0.6) is 0 Å². The average molecular weight is 287 g/mol. The second kappa shape index (κ2) is 7.26. The smallest absolute Gasteiger partial charge is 0.0562 e. The monoisotopic (exact) mass is 287 g/mol. The van der Waals surface area contributed by atoms with Crippen LogP contribution in [0.2, 0.25) is 0 Å². The molecule has 1 saturated heterocycles. The van der Waals surface area contributed by atoms with Gasteiger partial charge < -0.3 is 10.2 Å². The van der Waals surface area contributed by atoms with Crippen LogP contribution in [0.25, 0.3) is 0 Å². The van der Waals surface area contributed by atoms with E-state index in [1.807, 2.05) is 6.20 Å². The molecule has 0 bridgehead atoms. The predicted molar refractivity (Wildman–Crippen MR) is 88.6 cm³/mol. The fourth-order valence-corrected chi connectivity index (χ4v) is 4.08. The molecule has 0 amide bonds. The van der Waals surface area contributed by atoms with Crippen molar-refractivity contribution in [3.8, 4) is 0 Å². The molecule has 1 saturated carbocycles. The zero-order valence-electron chi connectivity index (χ0n) is 13.4. The molecule has 116 valence electrons. The fraction of sp³-hybridized carbons (Fsp3) is 0.722. The van der Waals surface area contributed by atoms with E-state index in [4.69, 9.17) is 0 Å². The summed E-state index contributed by atoms with van der Waals surface area (Å²) in [7, 11) is 0. The third kappa shape index (κ3) is 3.57. The summed E-state index contributed by atoms with van der Waals surface area (Å²) in [5.74, 6) is 0.933. The summed E-state index contributed by atoms with van der Waals surface area (Å²) in [6.07, 6.45) is 11.7. The normalized spacial score (nSPS) is 23.1. The van der Waals surface area contributed by atoms with Crippen molar-refractivity contribution in [1.29, 1.82) is 0 Å². The molecule has 3 heteroatoms. The molecule has 1 aliphatic carbocycles. The highest BCUT2D eigenvalue weighted by atomic mass is 15.2. The number of aromatic nitrogens is 1. The Morgan fingerprint density at radius 1 is 1.24 bits per heavy atom. The Balaban J connectivity index is 1.68. The maximum absolute atomic E-state index is 4.52. The van der Waals surface area contributed by atoms with Crippen LogP contribution in [0, 0.1) is 5.92 Å². The quantitative estimate of drug-likeness (QED) is 0.808. The van der Waals surface area contributed by atoms with E-state index < -0.39 is 0 Å². The molecule has 3 rings (SSSR count). The van der Waals surface area contributed by atoms with Crippen molar-refractivity contribution in [2.45, 2.75) is 64.5 Å². The number of anilines is 1. The van der Waals surface area contributed by atoms with Gasteiger partial charge in [-0.2, -0.15) is 0 Å². The lowest BCUT2D eigenvalue weighted by atomic mass is 9.96. The van der Waals surface area contributed by atoms with E-state index in [0.29, 0.717) is 0 Å². The first-order valence-electron chi connectivity index (χ1n) is 8.81. The molecule has 1 aromatic heterocycles. The molecular formula is C18H29N3. The largest absolute Gasteiger partial charge is 0.368 e. The first-order valence-corrected chi connectivity index (χ1v) is 8.81. The summed E-state index contributed by atoms with van der Waals surface area (Å²) >= 11 is 0. The molecule has 1 atom stereocenters. The molecule has 0 radical (unpaired) electrons. The van der Waals surface area contributed by atoms with Gasteiger partial charge in [0.2, 0.25) is 0 Å². The summed E-state index contributed by atoms with van der Waals surface area (Å²) in [6.45, 7) is 5.39. The number of nitrogens with zero attached hydrogens (tertiary/aromatic N) is 2. The van der Waals surface area contributed by atoms with E-state index in [-0.39, 0.29) is 0 Å². The van der Waals surface area contributed by atoms with Gasteiger partial charge in [0.1, 0.15) is 0 Å². The Labute approximate surface area is 129 Å². The molecule has 2 aliphatic rings. The Bertz CT molecular complexity index is 440. The van der Waals surface area contributed by atoms with Crippen molar-refractivity contribution >= 4 is 5.69 Å². The lowest BCUT2D eigenvalue weighted by molar-refractivity contribution is 0.430. The third-order valence-corrected chi connectivity index (χ3v) is 5.11. The van der Waals surface area contributed by atoms with Gasteiger partial charge in [-0.25, -0.2) is 0 Å². The average Bonchev–Trinajstić information content (AvgIpc) is 3.19. The summed E-state index contributed by atoms with van der Waals surface area (Å²) in [4.78, 5) is 7.18. The van der Waals surface area contributed by atoms with Gasteiger partial charge in [0.25, 0.3) is 0 Å². The van der Waals surface area contributed by atoms with Crippen molar-refractivity contribution in [2.75, 3.05) is 18.0 Å². The second-order valence-corrected chi connectivity index (χ2v) is 6.63. The van der Waals surface area contributed by atoms with Gasteiger partial charge >= 0.3 is 0 Å². The number of pyridine rings is 1. The molecule has 3 nitrogen and oxygen atoms in total. The van der Waals surface area contributed by atoms with Crippen molar-refractivity contribution in [2.24, 2.45) is 5.92 Å². The molecule has 2 fully saturated rings. The summed E-state index contributed by atoms with van der Waals surface area (Å²) in [6, 6.07) is 5.29. The van der Waals surface area contributed by atoms with Gasteiger partial charge in [-0.15, -0.1) is 0 Å². The van der Waals surface area contributed by atoms with Crippen molar-refractivity contribution in [1.82, 2.24) is 10.3 Å². The van der Waals surface area contributed by atoms with E-state index >= 15 is 0 Å². The topological polar surface area (TPSA) is 28.2 Å². The fourth-order valence-electron chi connectivity index (χ4n) is 4.08. The van der Waals surface area contributed by atoms with Crippen molar-refractivity contribution in [3.63, 3.8) is 0 Å². The maximum Gasteiger partial charge on any atom is 0.0562 e. The van der Waals surface area contributed by atoms with Gasteiger partial charge in [0.15, 0.2) is 0 Å². The minimum Gasteiger partial charge on any atom is -0.368 e. The molecule has 1 aromatic rings. The first kappa shape index (κ1) is 14.8. The molecule has 2 heterocycles. The van der Waals surface area contributed by atoms with E-state index in [1.165, 1.54) is 62.9 Å². The Morgan fingerprint density at radius 2 is 2.10 bits per heavy atom. The highest BCUT2D eigenvalue weighted by Crippen LogP contribution is 2.37. The van der Waals surface area contributed by atoms with Gasteiger partial charge in [0.05, 0.1) is 5.69 Å². The minimum absolute atomic E-state index is 0.784. The van der Waals surface area contributed by atoms with Crippen LogP contribution >= 0.6 is 0 Å². The predicted octanol–water partition coefficient (Wildman–Crippen LogP) is 3.74. The van der Waals surface area contributed by atoms with E-state index in [9.17, 15) is 0 Å². The Kier molecular flexibility index (Phi) is 5.13. The maximum atomic E-state index is 4.52. The molecule has 0 aromatic carbocycles. The lowest BCUT2D eigenvalue weighted by Crippen LogP contribution is -2.34. The molecule has 0 spiro atoms. The number of hydrogen-bond donors (Lipinski definition) is 1. The summed E-state index contributed by atoms with van der Waals surface area (Å²) in [5.41, 5.74) is 2.57. The summed E-state index contributed by atoms with van der Waals surface area (Å²) in [5, 5.41) is 3.45. The van der Waals surface area contributed by atoms with Gasteiger partial charge in [0, 0.05) is 31.0 Å². The van der Waals surface area contributed by atoms with Crippen LogP contribution in [-0.4, -0.2) is 24.1 Å². The van der Waals surface area contributed by atoms with Crippen molar-refractivity contribution < 1.29 is 0 Å². The highest BCUT2D eigenvalue weighted by Gasteiger charge is 2.33. The summed E-state index contributed by atoms with van der Waals surface area (Å²) < 4.78 is 0. The standard InChI is InChI=1S/C18H29N3/c1-2-10-19-14-16-13-17(9-11-20-16)21-12-5-8-18(21)15-6-3-4-7-15/h9,11,13,15,18-19H,2-8,10,12,14H2,1H3. The van der Waals surface area contributed by atoms with Crippen LogP contribution in [0.3, 0.4) is 0 Å². The molecule has 1 unspecified atom stereocenters. The van der Waals surface area contributed by atoms with Crippen LogP contribution in [-0.2, 0) is 6.54 Å². The highest BCUT2D eigenvalue weighted by molar-refractivity contribution is 5.48. The number of nitrogens with one attached hydrogen (secondary N) is 1. The van der Waals surface area contributed by atoms with Crippen LogP contribution in [0.15, 0.2) is 18.3 Å². The van der Waals surface area contributed by atoms with Crippen LogP contribution < -0.4 is 10.2 Å². The minimum atomic E-state index is 0.784. The zero-order chi connectivity index (χ0) is 14.5. The number of hydrogen-bond acceptors (Lipinski definition) is 3. The molecule has 1 N–H and O–H groups in total. The SMILES string of the molecule is CCCNCc1cc(N2CCCC2C2CCCC2)ccn1. The van der Waals surface area contributed by atoms with E-state index in [1.54, 1.807) is 0 Å². The molecule has 1 aliphatic heterocycles. The zero-order valence-corrected chi connectivity index (χ0v) is 13.4. The third-order valence-electron chi connectivity index (χ3n) is 5.11. The van der Waals surface area contributed by atoms with E-state index in [2.05, 4.69) is 34.3 Å². The lowest BCUT2D eigenvalue weighted by Gasteiger charge is -2.31. The van der Waals surface area contributed by atoms with E-state index in [0.717, 1.165) is 25.0 Å². The van der Waals surface area contributed by atoms with Gasteiger partial charge in [-0.3, -0.25) is 4.98 Å². The molecular weight excluding hydrogens is 258 g/mol. The van der Waals surface area contributed by atoms with Crippen LogP contribution in [0.4, 0.5) is 5.69 Å². The van der Waals surface area contributed by atoms with Crippen LogP contribution in [0.1, 0.15) is 57.6 Å². The number of rotatable bonds is 6. The Hall–Kier alpha value is -1.09. The van der Waals surface area contributed by atoms with Gasteiger partial charge in [-0.05, 0) is 56.7 Å². The second-order valence-electron chi connectivity index (χ2n) is 6.63.